The van der Waals surface area contributed by atoms with E-state index in [0.717, 1.165) is 25.1 Å². The molecule has 0 radical (unpaired) electrons. The van der Waals surface area contributed by atoms with Gasteiger partial charge in [-0.1, -0.05) is 30.3 Å². The van der Waals surface area contributed by atoms with Crippen LogP contribution in [0.4, 0.5) is 0 Å². The SMILES string of the molecule is O=S(=O)(CCc1ccccc1)N[C@@H]1CCNC1. The van der Waals surface area contributed by atoms with Crippen LogP contribution in [0.3, 0.4) is 0 Å². The zero-order chi connectivity index (χ0) is 12.1. The maximum Gasteiger partial charge on any atom is 0.212 e. The molecule has 1 heterocycles. The Hall–Kier alpha value is -0.910. The quantitative estimate of drug-likeness (QED) is 0.805. The smallest absolute Gasteiger partial charge is 0.212 e. The van der Waals surface area contributed by atoms with Gasteiger partial charge in [0.25, 0.3) is 0 Å². The second kappa shape index (κ2) is 5.62. The van der Waals surface area contributed by atoms with E-state index >= 15 is 0 Å². The highest BCUT2D eigenvalue weighted by atomic mass is 32.2. The monoisotopic (exact) mass is 254 g/mol. The highest BCUT2D eigenvalue weighted by Crippen LogP contribution is 2.04. The Bertz CT molecular complexity index is 439. The molecule has 0 bridgehead atoms. The second-order valence-electron chi connectivity index (χ2n) is 4.36. The van der Waals surface area contributed by atoms with E-state index in [0.29, 0.717) is 6.42 Å². The van der Waals surface area contributed by atoms with Crippen molar-refractivity contribution in [2.24, 2.45) is 0 Å². The van der Waals surface area contributed by atoms with E-state index in [1.165, 1.54) is 0 Å². The van der Waals surface area contributed by atoms with Crippen LogP contribution in [0.5, 0.6) is 0 Å². The van der Waals surface area contributed by atoms with Crippen LogP contribution in [-0.4, -0.2) is 33.3 Å². The largest absolute Gasteiger partial charge is 0.315 e. The number of rotatable bonds is 5. The second-order valence-corrected chi connectivity index (χ2v) is 6.24. The number of hydrogen-bond acceptors (Lipinski definition) is 3. The Morgan fingerprint density at radius 3 is 2.71 bits per heavy atom. The Labute approximate surface area is 102 Å². The Balaban J connectivity index is 1.85. The van der Waals surface area contributed by atoms with Crippen molar-refractivity contribution in [1.29, 1.82) is 0 Å². The van der Waals surface area contributed by atoms with Crippen molar-refractivity contribution in [2.45, 2.75) is 18.9 Å². The maximum atomic E-state index is 11.8. The summed E-state index contributed by atoms with van der Waals surface area (Å²) in [6.07, 6.45) is 1.45. The van der Waals surface area contributed by atoms with Gasteiger partial charge in [0.15, 0.2) is 0 Å². The average Bonchev–Trinajstić information content (AvgIpc) is 2.80. The molecule has 4 nitrogen and oxygen atoms in total. The van der Waals surface area contributed by atoms with Gasteiger partial charge in [0.1, 0.15) is 0 Å². The van der Waals surface area contributed by atoms with Gasteiger partial charge in [0.2, 0.25) is 10.0 Å². The van der Waals surface area contributed by atoms with Gasteiger partial charge >= 0.3 is 0 Å². The first-order valence-corrected chi connectivity index (χ1v) is 7.55. The van der Waals surface area contributed by atoms with Gasteiger partial charge in [-0.25, -0.2) is 13.1 Å². The lowest BCUT2D eigenvalue weighted by Gasteiger charge is -2.11. The van der Waals surface area contributed by atoms with Crippen LogP contribution >= 0.6 is 0 Å². The van der Waals surface area contributed by atoms with Gasteiger partial charge in [-0.3, -0.25) is 0 Å². The molecule has 94 valence electrons. The first-order valence-electron chi connectivity index (χ1n) is 5.90. The molecule has 0 unspecified atom stereocenters. The van der Waals surface area contributed by atoms with Crippen LogP contribution in [0, 0.1) is 0 Å². The van der Waals surface area contributed by atoms with E-state index in [4.69, 9.17) is 0 Å². The van der Waals surface area contributed by atoms with E-state index < -0.39 is 10.0 Å². The molecule has 0 spiro atoms. The van der Waals surface area contributed by atoms with Crippen molar-refractivity contribution in [1.82, 2.24) is 10.0 Å². The van der Waals surface area contributed by atoms with E-state index in [2.05, 4.69) is 10.0 Å². The van der Waals surface area contributed by atoms with Crippen LogP contribution in [0.1, 0.15) is 12.0 Å². The summed E-state index contributed by atoms with van der Waals surface area (Å²) < 4.78 is 26.4. The summed E-state index contributed by atoms with van der Waals surface area (Å²) in [7, 11) is -3.15. The van der Waals surface area contributed by atoms with Crippen LogP contribution in [-0.2, 0) is 16.4 Å². The molecule has 17 heavy (non-hydrogen) atoms. The molecule has 2 N–H and O–H groups in total. The van der Waals surface area contributed by atoms with Gasteiger partial charge in [0.05, 0.1) is 5.75 Å². The molecule has 1 saturated heterocycles. The molecule has 1 aliphatic heterocycles. The van der Waals surface area contributed by atoms with Crippen LogP contribution in [0.25, 0.3) is 0 Å². The lowest BCUT2D eigenvalue weighted by molar-refractivity contribution is 0.559. The van der Waals surface area contributed by atoms with E-state index in [1.807, 2.05) is 30.3 Å². The van der Waals surface area contributed by atoms with Gasteiger partial charge in [-0.2, -0.15) is 0 Å². The number of hydrogen-bond donors (Lipinski definition) is 2. The summed E-state index contributed by atoms with van der Waals surface area (Å²) in [4.78, 5) is 0. The van der Waals surface area contributed by atoms with Crippen LogP contribution < -0.4 is 10.0 Å². The third-order valence-corrected chi connectivity index (χ3v) is 4.34. The Morgan fingerprint density at radius 2 is 2.06 bits per heavy atom. The molecule has 0 amide bonds. The molecule has 1 aromatic carbocycles. The highest BCUT2D eigenvalue weighted by molar-refractivity contribution is 7.89. The third kappa shape index (κ3) is 4.11. The van der Waals surface area contributed by atoms with Crippen molar-refractivity contribution in [3.8, 4) is 0 Å². The number of benzene rings is 1. The summed E-state index contributed by atoms with van der Waals surface area (Å²) in [5, 5.41) is 3.14. The van der Waals surface area contributed by atoms with Crippen molar-refractivity contribution in [3.63, 3.8) is 0 Å². The predicted molar refractivity (Wildman–Crippen MR) is 68.3 cm³/mol. The zero-order valence-corrected chi connectivity index (χ0v) is 10.5. The topological polar surface area (TPSA) is 58.2 Å². The van der Waals surface area contributed by atoms with E-state index in [9.17, 15) is 8.42 Å². The summed E-state index contributed by atoms with van der Waals surface area (Å²) in [6.45, 7) is 1.64. The minimum atomic E-state index is -3.15. The van der Waals surface area contributed by atoms with E-state index in [1.54, 1.807) is 0 Å². The lowest BCUT2D eigenvalue weighted by Crippen LogP contribution is -2.38. The first kappa shape index (κ1) is 12.5. The molecule has 0 aliphatic carbocycles. The molecule has 1 atom stereocenters. The first-order chi connectivity index (χ1) is 8.16. The fourth-order valence-corrected chi connectivity index (χ4v) is 3.30. The third-order valence-electron chi connectivity index (χ3n) is 2.91. The molecule has 1 aliphatic rings. The number of nitrogens with one attached hydrogen (secondary N) is 2. The minimum absolute atomic E-state index is 0.0655. The highest BCUT2D eigenvalue weighted by Gasteiger charge is 2.20. The van der Waals surface area contributed by atoms with E-state index in [-0.39, 0.29) is 11.8 Å². The summed E-state index contributed by atoms with van der Waals surface area (Å²) in [5.74, 6) is 0.160. The number of sulfonamides is 1. The van der Waals surface area contributed by atoms with Gasteiger partial charge in [-0.15, -0.1) is 0 Å². The Kier molecular flexibility index (Phi) is 4.15. The van der Waals surface area contributed by atoms with Crippen LogP contribution in [0.15, 0.2) is 30.3 Å². The van der Waals surface area contributed by atoms with Crippen molar-refractivity contribution >= 4 is 10.0 Å². The van der Waals surface area contributed by atoms with Gasteiger partial charge in [0, 0.05) is 12.6 Å². The molecule has 1 aromatic rings. The van der Waals surface area contributed by atoms with Gasteiger partial charge < -0.3 is 5.32 Å². The average molecular weight is 254 g/mol. The molecule has 1 fully saturated rings. The molecule has 5 heteroatoms. The zero-order valence-electron chi connectivity index (χ0n) is 9.72. The molecule has 2 rings (SSSR count). The molecule has 0 saturated carbocycles. The lowest BCUT2D eigenvalue weighted by atomic mass is 10.2. The minimum Gasteiger partial charge on any atom is -0.315 e. The van der Waals surface area contributed by atoms with Crippen LogP contribution in [0.2, 0.25) is 0 Å². The van der Waals surface area contributed by atoms with Crippen molar-refractivity contribution < 1.29 is 8.42 Å². The van der Waals surface area contributed by atoms with Crippen molar-refractivity contribution in [3.05, 3.63) is 35.9 Å². The Morgan fingerprint density at radius 1 is 1.29 bits per heavy atom. The standard InChI is InChI=1S/C12H18N2O2S/c15-17(16,14-12-6-8-13-10-12)9-7-11-4-2-1-3-5-11/h1-5,12-14H,6-10H2/t12-/m1/s1. The summed E-state index contributed by atoms with van der Waals surface area (Å²) in [5.41, 5.74) is 1.06. The fraction of sp³-hybridized carbons (Fsp3) is 0.500. The molecular weight excluding hydrogens is 236 g/mol. The molecular formula is C12H18N2O2S. The summed E-state index contributed by atoms with van der Waals surface area (Å²) >= 11 is 0. The normalized spacial score (nSPS) is 20.6. The van der Waals surface area contributed by atoms with Gasteiger partial charge in [-0.05, 0) is 24.9 Å². The predicted octanol–water partition coefficient (Wildman–Crippen LogP) is 0.510. The number of aryl methyl sites for hydroxylation is 1. The molecule has 0 aromatic heterocycles. The van der Waals surface area contributed by atoms with Crippen molar-refractivity contribution in [2.75, 3.05) is 18.8 Å². The fourth-order valence-electron chi connectivity index (χ4n) is 1.96. The maximum absolute atomic E-state index is 11.8. The summed E-state index contributed by atoms with van der Waals surface area (Å²) in [6, 6.07) is 9.75.